The van der Waals surface area contributed by atoms with Crippen molar-refractivity contribution >= 4 is 43.1 Å². The maximum Gasteiger partial charge on any atom is 0.164 e. The van der Waals surface area contributed by atoms with Crippen molar-refractivity contribution in [2.45, 2.75) is 0 Å². The molecule has 0 bridgehead atoms. The van der Waals surface area contributed by atoms with E-state index in [0.29, 0.717) is 52.4 Å². The molecule has 0 aliphatic heterocycles. The molecule has 19 aromatic carbocycles. The van der Waals surface area contributed by atoms with Crippen molar-refractivity contribution in [3.8, 4) is 203 Å². The molecule has 0 fully saturated rings. The normalized spacial score (nSPS) is 11.1. The Bertz CT molecular complexity index is 8310. The van der Waals surface area contributed by atoms with Gasteiger partial charge in [-0.2, -0.15) is 0 Å². The number of fused-ring (bicyclic) bond motifs is 5. The van der Waals surface area contributed by atoms with Crippen molar-refractivity contribution in [2.24, 2.45) is 0 Å². The summed E-state index contributed by atoms with van der Waals surface area (Å²) in [6.07, 6.45) is 9.21. The fraction of sp³-hybridized carbons (Fsp3) is 0. The van der Waals surface area contributed by atoms with E-state index >= 15 is 0 Å². The topological polar surface area (TPSA) is 155 Å². The number of nitrogens with zero attached hydrogens (tertiary/aromatic N) is 12. The first-order chi connectivity index (χ1) is 70.3. The molecule has 666 valence electrons. The zero-order valence-electron chi connectivity index (χ0n) is 77.0. The molecule has 25 rings (SSSR count). The lowest BCUT2D eigenvalue weighted by Gasteiger charge is -2.15. The molecule has 0 aliphatic rings. The quantitative estimate of drug-likeness (QED) is 0.0751. The molecule has 0 unspecified atom stereocenters. The maximum atomic E-state index is 5.11. The van der Waals surface area contributed by atoms with E-state index in [1.54, 1.807) is 12.4 Å². The van der Waals surface area contributed by atoms with E-state index < -0.39 is 0 Å². The third kappa shape index (κ3) is 18.9. The van der Waals surface area contributed by atoms with Crippen LogP contribution in [0.3, 0.4) is 0 Å². The van der Waals surface area contributed by atoms with E-state index in [-0.39, 0.29) is 0 Å². The van der Waals surface area contributed by atoms with Gasteiger partial charge in [-0.05, 0) is 217 Å². The summed E-state index contributed by atoms with van der Waals surface area (Å²) in [5, 5.41) is 9.67. The van der Waals surface area contributed by atoms with Crippen molar-refractivity contribution in [1.29, 1.82) is 0 Å². The van der Waals surface area contributed by atoms with Crippen LogP contribution in [0.15, 0.2) is 522 Å². The van der Waals surface area contributed by atoms with E-state index in [9.17, 15) is 0 Å². The molecule has 12 nitrogen and oxygen atoms in total. The average Bonchev–Trinajstić information content (AvgIpc) is 0.759. The first kappa shape index (κ1) is 86.8. The van der Waals surface area contributed by atoms with Crippen LogP contribution < -0.4 is 0 Å². The minimum absolute atomic E-state index is 0.623. The molecule has 0 spiro atoms. The Morgan fingerprint density at radius 1 is 0.120 bits per heavy atom. The largest absolute Gasteiger partial charge is 0.264 e. The Balaban J connectivity index is 0.000000119. The summed E-state index contributed by atoms with van der Waals surface area (Å²) in [7, 11) is 0. The second-order valence-electron chi connectivity index (χ2n) is 34.7. The fourth-order valence-corrected chi connectivity index (χ4v) is 18.4. The summed E-state index contributed by atoms with van der Waals surface area (Å²) >= 11 is 0. The van der Waals surface area contributed by atoms with E-state index in [0.717, 1.165) is 150 Å². The Hall–Kier alpha value is -19.3. The molecular formula is C130H86N12. The van der Waals surface area contributed by atoms with Gasteiger partial charge < -0.3 is 0 Å². The average molecular weight is 1820 g/mol. The molecular weight excluding hydrogens is 1730 g/mol. The minimum atomic E-state index is 0.623. The van der Waals surface area contributed by atoms with Crippen LogP contribution in [0.1, 0.15) is 0 Å². The van der Waals surface area contributed by atoms with Gasteiger partial charge >= 0.3 is 0 Å². The minimum Gasteiger partial charge on any atom is -0.264 e. The monoisotopic (exact) mass is 1810 g/mol. The zero-order chi connectivity index (χ0) is 94.7. The van der Waals surface area contributed by atoms with Gasteiger partial charge in [-0.3, -0.25) is 15.0 Å². The lowest BCUT2D eigenvalue weighted by molar-refractivity contribution is 1.07. The smallest absolute Gasteiger partial charge is 0.164 e. The lowest BCUT2D eigenvalue weighted by atomic mass is 9.90. The van der Waals surface area contributed by atoms with Crippen LogP contribution in [0.5, 0.6) is 0 Å². The van der Waals surface area contributed by atoms with Gasteiger partial charge in [0.1, 0.15) is 0 Å². The van der Waals surface area contributed by atoms with Gasteiger partial charge in [0, 0.05) is 86.6 Å². The predicted molar refractivity (Wildman–Crippen MR) is 581 cm³/mol. The first-order valence-corrected chi connectivity index (χ1v) is 47.3. The first-order valence-electron chi connectivity index (χ1n) is 47.3. The van der Waals surface area contributed by atoms with Crippen LogP contribution in [-0.2, 0) is 0 Å². The molecule has 25 aromatic rings. The van der Waals surface area contributed by atoms with Crippen LogP contribution in [-0.4, -0.2) is 59.8 Å². The zero-order valence-corrected chi connectivity index (χ0v) is 77.0. The number of benzene rings is 19. The highest BCUT2D eigenvalue weighted by atomic mass is 15.1. The molecule has 0 aliphatic carbocycles. The van der Waals surface area contributed by atoms with Crippen LogP contribution in [0.25, 0.3) is 246 Å². The Kier molecular flexibility index (Phi) is 24.4. The van der Waals surface area contributed by atoms with E-state index in [4.69, 9.17) is 44.9 Å². The van der Waals surface area contributed by atoms with Crippen molar-refractivity contribution in [3.63, 3.8) is 0 Å². The van der Waals surface area contributed by atoms with Crippen LogP contribution in [0, 0.1) is 0 Å². The summed E-state index contributed by atoms with van der Waals surface area (Å²) in [5.74, 6) is 5.71. The number of hydrogen-bond donors (Lipinski definition) is 0. The lowest BCUT2D eigenvalue weighted by Crippen LogP contribution is -2.00. The highest BCUT2D eigenvalue weighted by Gasteiger charge is 2.23. The summed E-state index contributed by atoms with van der Waals surface area (Å²) in [4.78, 5) is 58.3. The van der Waals surface area contributed by atoms with Gasteiger partial charge in [0.25, 0.3) is 0 Å². The molecule has 0 radical (unpaired) electrons. The Morgan fingerprint density at radius 2 is 0.373 bits per heavy atom. The molecule has 12 heteroatoms. The number of rotatable bonds is 18. The number of aromatic nitrogens is 12. The predicted octanol–water partition coefficient (Wildman–Crippen LogP) is 32.4. The molecule has 0 saturated heterocycles. The molecule has 6 aromatic heterocycles. The fourth-order valence-electron chi connectivity index (χ4n) is 18.4. The van der Waals surface area contributed by atoms with E-state index in [1.165, 1.54) is 43.1 Å². The summed E-state index contributed by atoms with van der Waals surface area (Å²) in [5.41, 5.74) is 28.2. The van der Waals surface area contributed by atoms with Gasteiger partial charge in [-0.1, -0.05) is 406 Å². The second-order valence-corrected chi connectivity index (χ2v) is 34.7. The van der Waals surface area contributed by atoms with Crippen LogP contribution in [0.2, 0.25) is 0 Å². The van der Waals surface area contributed by atoms with E-state index in [1.807, 2.05) is 231 Å². The van der Waals surface area contributed by atoms with Gasteiger partial charge in [0.05, 0.1) is 5.69 Å². The Labute approximate surface area is 822 Å². The van der Waals surface area contributed by atoms with Crippen molar-refractivity contribution in [2.75, 3.05) is 0 Å². The highest BCUT2D eigenvalue weighted by Crippen LogP contribution is 2.44. The summed E-state index contributed by atoms with van der Waals surface area (Å²) < 4.78 is 0. The third-order valence-corrected chi connectivity index (χ3v) is 25.6. The van der Waals surface area contributed by atoms with Gasteiger partial charge in [0.2, 0.25) is 0 Å². The van der Waals surface area contributed by atoms with E-state index in [2.05, 4.69) is 294 Å². The molecule has 142 heavy (non-hydrogen) atoms. The van der Waals surface area contributed by atoms with Gasteiger partial charge in [-0.15, -0.1) is 0 Å². The van der Waals surface area contributed by atoms with Crippen LogP contribution in [0.4, 0.5) is 0 Å². The van der Waals surface area contributed by atoms with Crippen molar-refractivity contribution in [1.82, 2.24) is 59.8 Å². The standard InChI is InChI=1S/C46H30N4.2C42H28N4/c1-3-12-33(13-4-1)44-48-45(34-14-5-2-6-15-34)50-46(49-44)39-27-37(32-23-21-31(22-24-32)36-17-11-25-47-30-36)26-38(28-39)43-29-35-16-7-8-18-40(35)41-19-9-10-20-42(41)43;1-3-12-32(13-4-1)40-44-41(33-14-5-2-6-15-33)46-42(45-40)37-26-35(30-22-20-29(21-23-30)34-17-10-24-43-28-34)25-36(27-37)39-19-9-16-31-11-7-8-18-38(31)39;1-3-13-32(14-4-1)40-44-41(33-15-5-2-6-16-33)46-42(45-40)36-27-34(29-21-23-31(24-22-29)39-20-9-10-25-43-39)26-35(28-36)38-19-11-17-30-12-7-8-18-37(30)38/h1-30H;2*1-28H. The number of pyridine rings is 3. The summed E-state index contributed by atoms with van der Waals surface area (Å²) in [6, 6.07) is 170. The third-order valence-electron chi connectivity index (χ3n) is 25.6. The van der Waals surface area contributed by atoms with Gasteiger partial charge in [0.15, 0.2) is 52.4 Å². The van der Waals surface area contributed by atoms with Crippen molar-refractivity contribution in [3.05, 3.63) is 522 Å². The molecule has 0 saturated carbocycles. The molecule has 0 amide bonds. The van der Waals surface area contributed by atoms with Crippen LogP contribution >= 0.6 is 0 Å². The van der Waals surface area contributed by atoms with Crippen molar-refractivity contribution < 1.29 is 0 Å². The SMILES string of the molecule is c1ccc(-c2nc(-c3ccccc3)nc(-c3cc(-c4ccc(-c5ccccn5)cc4)cc(-c4cccc5ccccc45)c3)n2)cc1.c1ccc(-c2nc(-c3ccccc3)nc(-c3cc(-c4ccc(-c5cccnc5)cc4)cc(-c4cc5ccccc5c5ccccc45)c3)n2)cc1.c1ccc(-c2nc(-c3ccccc3)nc(-c3cc(-c4ccc(-c5cccnc5)cc4)cc(-c4cccc5ccccc45)c3)n2)cc1. The molecule has 6 heterocycles. The molecule has 0 N–H and O–H groups in total. The maximum absolute atomic E-state index is 5.11. The second kappa shape index (κ2) is 39.9. The van der Waals surface area contributed by atoms with Gasteiger partial charge in [-0.25, -0.2) is 44.9 Å². The highest BCUT2D eigenvalue weighted by molar-refractivity contribution is 6.14. The number of hydrogen-bond acceptors (Lipinski definition) is 12. The summed E-state index contributed by atoms with van der Waals surface area (Å²) in [6.45, 7) is 0. The Morgan fingerprint density at radius 3 is 0.704 bits per heavy atom. The molecule has 0 atom stereocenters.